The topological polar surface area (TPSA) is 16.8 Å². The molecule has 4 rings (SSSR count). The second-order valence-electron chi connectivity index (χ2n) is 7.38. The van der Waals surface area contributed by atoms with E-state index in [1.54, 1.807) is 6.07 Å². The smallest absolute Gasteiger partial charge is 0.232 e. The molecule has 0 unspecified atom stereocenters. The molecule has 2 nitrogen and oxygen atoms in total. The molecule has 1 heterocycles. The molecule has 1 aliphatic rings. The van der Waals surface area contributed by atoms with E-state index in [1.807, 2.05) is 37.9 Å². The van der Waals surface area contributed by atoms with Crippen LogP contribution in [0.25, 0.3) is 22.2 Å². The predicted molar refractivity (Wildman–Crippen MR) is 99.0 cm³/mol. The number of hydrogen-bond donors (Lipinski definition) is 0. The molecule has 1 fully saturated rings. The molecule has 3 heteroatoms. The van der Waals surface area contributed by atoms with Gasteiger partial charge in [0.1, 0.15) is 11.5 Å². The average molecular weight is 335 g/mol. The average Bonchev–Trinajstić information content (AvgIpc) is 3.13. The van der Waals surface area contributed by atoms with E-state index in [0.717, 1.165) is 27.7 Å². The first kappa shape index (κ1) is 16.2. The number of aromatic nitrogens is 2. The fraction of sp³-hybridized carbons (Fsp3) is 0.364. The fourth-order valence-electron chi connectivity index (χ4n) is 4.14. The summed E-state index contributed by atoms with van der Waals surface area (Å²) in [5.74, 6) is 0.532. The Morgan fingerprint density at radius 1 is 1.04 bits per heavy atom. The van der Waals surface area contributed by atoms with Crippen molar-refractivity contribution in [1.82, 2.24) is 4.98 Å². The number of rotatable bonds is 2. The molecule has 0 radical (unpaired) electrons. The van der Waals surface area contributed by atoms with Gasteiger partial charge in [-0.05, 0) is 78.5 Å². The van der Waals surface area contributed by atoms with E-state index in [9.17, 15) is 4.39 Å². The van der Waals surface area contributed by atoms with Crippen molar-refractivity contribution in [2.45, 2.75) is 45.4 Å². The van der Waals surface area contributed by atoms with Crippen LogP contribution in [0.5, 0.6) is 0 Å². The van der Waals surface area contributed by atoms with Gasteiger partial charge in [0, 0.05) is 5.56 Å². The summed E-state index contributed by atoms with van der Waals surface area (Å²) in [7, 11) is 2.00. The number of nitrogens with zero attached hydrogens (tertiary/aromatic N) is 2. The van der Waals surface area contributed by atoms with Crippen LogP contribution in [0.15, 0.2) is 36.7 Å². The van der Waals surface area contributed by atoms with Crippen LogP contribution in [0.1, 0.15) is 48.3 Å². The lowest BCUT2D eigenvalue weighted by molar-refractivity contribution is -0.662. The lowest BCUT2D eigenvalue weighted by atomic mass is 9.94. The normalized spacial score (nSPS) is 15.2. The molecule has 0 spiro atoms. The molecule has 2 aromatic carbocycles. The molecule has 1 aromatic heterocycles. The summed E-state index contributed by atoms with van der Waals surface area (Å²) in [5.41, 5.74) is 6.23. The van der Waals surface area contributed by atoms with Crippen molar-refractivity contribution in [2.24, 2.45) is 7.05 Å². The van der Waals surface area contributed by atoms with E-state index in [2.05, 4.69) is 23.2 Å². The molecule has 0 bridgehead atoms. The van der Waals surface area contributed by atoms with Crippen LogP contribution in [-0.4, -0.2) is 4.98 Å². The van der Waals surface area contributed by atoms with Crippen molar-refractivity contribution < 1.29 is 8.96 Å². The predicted octanol–water partition coefficient (Wildman–Crippen LogP) is 5.14. The summed E-state index contributed by atoms with van der Waals surface area (Å²) < 4.78 is 15.9. The van der Waals surface area contributed by atoms with Crippen molar-refractivity contribution in [3.63, 3.8) is 0 Å². The molecule has 0 N–H and O–H groups in total. The zero-order valence-corrected chi connectivity index (χ0v) is 15.1. The Kier molecular flexibility index (Phi) is 4.03. The van der Waals surface area contributed by atoms with Crippen LogP contribution in [-0.2, 0) is 7.05 Å². The Morgan fingerprint density at radius 3 is 2.56 bits per heavy atom. The maximum absolute atomic E-state index is 13.9. The van der Waals surface area contributed by atoms with Gasteiger partial charge >= 0.3 is 0 Å². The van der Waals surface area contributed by atoms with Crippen molar-refractivity contribution >= 4 is 10.9 Å². The highest BCUT2D eigenvalue weighted by atomic mass is 19.1. The minimum atomic E-state index is -0.147. The van der Waals surface area contributed by atoms with Crippen LogP contribution < -0.4 is 4.57 Å². The van der Waals surface area contributed by atoms with Gasteiger partial charge in [-0.3, -0.25) is 0 Å². The molecule has 0 amide bonds. The van der Waals surface area contributed by atoms with Crippen molar-refractivity contribution in [2.75, 3.05) is 0 Å². The summed E-state index contributed by atoms with van der Waals surface area (Å²) >= 11 is 0. The fourth-order valence-corrected chi connectivity index (χ4v) is 4.14. The Bertz CT molecular complexity index is 956. The highest BCUT2D eigenvalue weighted by Crippen LogP contribution is 2.36. The monoisotopic (exact) mass is 335 g/mol. The summed E-state index contributed by atoms with van der Waals surface area (Å²) in [6.07, 6.45) is 7.11. The Hall–Kier alpha value is -2.29. The summed E-state index contributed by atoms with van der Waals surface area (Å²) in [6, 6.07) is 10.3. The molecule has 0 saturated heterocycles. The van der Waals surface area contributed by atoms with Gasteiger partial charge in [0.15, 0.2) is 5.52 Å². The third kappa shape index (κ3) is 2.82. The zero-order valence-electron chi connectivity index (χ0n) is 15.1. The van der Waals surface area contributed by atoms with Crippen molar-refractivity contribution in [3.05, 3.63) is 59.2 Å². The van der Waals surface area contributed by atoms with Gasteiger partial charge in [0.2, 0.25) is 0 Å². The number of hydrogen-bond acceptors (Lipinski definition) is 1. The molecular weight excluding hydrogens is 311 g/mol. The van der Waals surface area contributed by atoms with Crippen LogP contribution in [0.4, 0.5) is 4.39 Å². The highest BCUT2D eigenvalue weighted by molar-refractivity contribution is 5.91. The van der Waals surface area contributed by atoms with Gasteiger partial charge in [-0.25, -0.2) is 8.96 Å². The minimum absolute atomic E-state index is 0.147. The third-order valence-corrected chi connectivity index (χ3v) is 5.59. The summed E-state index contributed by atoms with van der Waals surface area (Å²) in [6.45, 7) is 3.79. The molecule has 1 aliphatic carbocycles. The van der Waals surface area contributed by atoms with Crippen LogP contribution in [0, 0.1) is 19.7 Å². The van der Waals surface area contributed by atoms with Crippen LogP contribution in [0.2, 0.25) is 0 Å². The van der Waals surface area contributed by atoms with E-state index >= 15 is 0 Å². The van der Waals surface area contributed by atoms with Gasteiger partial charge in [0.25, 0.3) is 6.33 Å². The second kappa shape index (κ2) is 6.21. The Labute approximate surface area is 148 Å². The van der Waals surface area contributed by atoms with Crippen LogP contribution in [0.3, 0.4) is 0 Å². The van der Waals surface area contributed by atoms with Gasteiger partial charge in [-0.15, -0.1) is 0 Å². The van der Waals surface area contributed by atoms with Gasteiger partial charge in [-0.2, -0.15) is 0 Å². The van der Waals surface area contributed by atoms with Gasteiger partial charge < -0.3 is 0 Å². The number of fused-ring (bicyclic) bond motifs is 1. The molecule has 128 valence electrons. The van der Waals surface area contributed by atoms with E-state index < -0.39 is 0 Å². The first-order chi connectivity index (χ1) is 12.0. The molecule has 0 aliphatic heterocycles. The van der Waals surface area contributed by atoms with E-state index in [1.165, 1.54) is 31.2 Å². The highest BCUT2D eigenvalue weighted by Gasteiger charge is 2.21. The number of halogens is 1. The first-order valence-corrected chi connectivity index (χ1v) is 9.10. The third-order valence-electron chi connectivity index (χ3n) is 5.59. The molecule has 0 atom stereocenters. The number of benzene rings is 2. The minimum Gasteiger partial charge on any atom is -0.232 e. The lowest BCUT2D eigenvalue weighted by Gasteiger charge is -2.12. The zero-order chi connectivity index (χ0) is 17.6. The summed E-state index contributed by atoms with van der Waals surface area (Å²) in [4.78, 5) is 4.66. The lowest BCUT2D eigenvalue weighted by Crippen LogP contribution is -2.32. The molecular formula is C22H24FN2+. The standard InChI is InChI=1S/C22H24FN2/c1-14-11-20(23)15(2)10-19(14)22-18-9-8-17(16-6-4-5-7-16)12-21(18)24-13-25(22)3/h8-13,16H,4-7H2,1-3H3/q+1. The van der Waals surface area contributed by atoms with Crippen LogP contribution >= 0.6 is 0 Å². The first-order valence-electron chi connectivity index (χ1n) is 9.10. The number of aryl methyl sites for hydroxylation is 3. The Balaban J connectivity index is 1.91. The van der Waals surface area contributed by atoms with Gasteiger partial charge in [-0.1, -0.05) is 18.9 Å². The van der Waals surface area contributed by atoms with E-state index in [-0.39, 0.29) is 5.82 Å². The van der Waals surface area contributed by atoms with Crippen molar-refractivity contribution in [3.8, 4) is 11.3 Å². The molecule has 3 aromatic rings. The maximum Gasteiger partial charge on any atom is 0.287 e. The maximum atomic E-state index is 13.9. The second-order valence-corrected chi connectivity index (χ2v) is 7.38. The summed E-state index contributed by atoms with van der Waals surface area (Å²) in [5, 5.41) is 1.13. The van der Waals surface area contributed by atoms with E-state index in [0.29, 0.717) is 11.5 Å². The van der Waals surface area contributed by atoms with E-state index in [4.69, 9.17) is 0 Å². The van der Waals surface area contributed by atoms with Crippen molar-refractivity contribution in [1.29, 1.82) is 0 Å². The molecule has 25 heavy (non-hydrogen) atoms. The molecule has 1 saturated carbocycles. The SMILES string of the molecule is Cc1cc(-c2c3ccc(C4CCCC4)cc3nc[n+]2C)c(C)cc1F. The van der Waals surface area contributed by atoms with Gasteiger partial charge in [0.05, 0.1) is 12.4 Å². The Morgan fingerprint density at radius 2 is 1.80 bits per heavy atom. The quantitative estimate of drug-likeness (QED) is 0.593. The largest absolute Gasteiger partial charge is 0.287 e.